The van der Waals surface area contributed by atoms with Crippen molar-refractivity contribution in [2.45, 2.75) is 38.1 Å². The first-order valence-electron chi connectivity index (χ1n) is 9.40. The van der Waals surface area contributed by atoms with Gasteiger partial charge in [0, 0.05) is 13.0 Å². The van der Waals surface area contributed by atoms with Crippen LogP contribution in [0.4, 0.5) is 5.69 Å². The molecule has 1 atom stereocenters. The van der Waals surface area contributed by atoms with Crippen LogP contribution in [0.2, 0.25) is 0 Å². The Hall–Kier alpha value is -2.62. The van der Waals surface area contributed by atoms with Crippen molar-refractivity contribution in [2.75, 3.05) is 11.9 Å². The monoisotopic (exact) mass is 348 g/mol. The number of carbonyl (C=O) groups is 2. The Morgan fingerprint density at radius 1 is 1.00 bits per heavy atom. The fraction of sp³-hybridized carbons (Fsp3) is 0.364. The molecule has 0 aromatic heterocycles. The number of fused-ring (bicyclic) bond motifs is 1. The van der Waals surface area contributed by atoms with Crippen molar-refractivity contribution in [3.63, 3.8) is 0 Å². The molecule has 4 rings (SSSR count). The van der Waals surface area contributed by atoms with Crippen molar-refractivity contribution in [1.82, 2.24) is 5.32 Å². The number of nitrogens with zero attached hydrogens (tertiary/aromatic N) is 1. The molecule has 134 valence electrons. The highest BCUT2D eigenvalue weighted by Gasteiger charge is 2.33. The second kappa shape index (κ2) is 6.94. The van der Waals surface area contributed by atoms with Gasteiger partial charge in [-0.2, -0.15) is 0 Å². The molecular formula is C22H24N2O2. The second-order valence-electron chi connectivity index (χ2n) is 7.31. The topological polar surface area (TPSA) is 49.4 Å². The normalized spacial score (nSPS) is 18.7. The van der Waals surface area contributed by atoms with Crippen LogP contribution < -0.4 is 10.2 Å². The molecule has 0 aliphatic heterocycles. The molecule has 2 aliphatic carbocycles. The predicted octanol–water partition coefficient (Wildman–Crippen LogP) is 3.87. The number of aryl methyl sites for hydroxylation is 1. The van der Waals surface area contributed by atoms with Crippen LogP contribution in [-0.2, 0) is 11.2 Å². The number of para-hydroxylation sites is 1. The van der Waals surface area contributed by atoms with Crippen molar-refractivity contribution < 1.29 is 9.59 Å². The number of amides is 2. The van der Waals surface area contributed by atoms with Crippen LogP contribution in [-0.4, -0.2) is 18.9 Å². The molecule has 1 fully saturated rings. The molecule has 0 bridgehead atoms. The highest BCUT2D eigenvalue weighted by atomic mass is 16.2. The SMILES string of the molecule is CN(C(=O)C1CC1)c1ccccc1C(=O)N[C@H]1CCCc2ccccc21. The number of rotatable bonds is 4. The van der Waals surface area contributed by atoms with Gasteiger partial charge in [0.1, 0.15) is 0 Å². The van der Waals surface area contributed by atoms with Crippen molar-refractivity contribution >= 4 is 17.5 Å². The number of benzene rings is 2. The maximum absolute atomic E-state index is 13.0. The maximum atomic E-state index is 13.0. The van der Waals surface area contributed by atoms with Crippen LogP contribution in [0, 0.1) is 5.92 Å². The fourth-order valence-corrected chi connectivity index (χ4v) is 3.82. The van der Waals surface area contributed by atoms with E-state index in [4.69, 9.17) is 0 Å². The van der Waals surface area contributed by atoms with Gasteiger partial charge in [-0.1, -0.05) is 36.4 Å². The molecule has 2 aliphatic rings. The van der Waals surface area contributed by atoms with Gasteiger partial charge in [0.2, 0.25) is 5.91 Å². The van der Waals surface area contributed by atoms with Crippen LogP contribution in [0.25, 0.3) is 0 Å². The third-order valence-electron chi connectivity index (χ3n) is 5.44. The minimum atomic E-state index is -0.113. The molecular weight excluding hydrogens is 324 g/mol. The Kier molecular flexibility index (Phi) is 4.49. The van der Waals surface area contributed by atoms with Crippen molar-refractivity contribution in [2.24, 2.45) is 5.92 Å². The van der Waals surface area contributed by atoms with E-state index in [1.54, 1.807) is 18.0 Å². The van der Waals surface area contributed by atoms with Gasteiger partial charge in [-0.3, -0.25) is 9.59 Å². The summed E-state index contributed by atoms with van der Waals surface area (Å²) >= 11 is 0. The molecule has 0 heterocycles. The lowest BCUT2D eigenvalue weighted by atomic mass is 9.87. The van der Waals surface area contributed by atoms with Gasteiger partial charge in [-0.25, -0.2) is 0 Å². The first-order chi connectivity index (χ1) is 12.6. The van der Waals surface area contributed by atoms with E-state index in [0.717, 1.165) is 32.1 Å². The maximum Gasteiger partial charge on any atom is 0.253 e. The minimum absolute atomic E-state index is 0.0324. The minimum Gasteiger partial charge on any atom is -0.345 e. The molecule has 2 amide bonds. The Labute approximate surface area is 154 Å². The van der Waals surface area contributed by atoms with Gasteiger partial charge in [-0.15, -0.1) is 0 Å². The van der Waals surface area contributed by atoms with Crippen LogP contribution in [0.15, 0.2) is 48.5 Å². The summed E-state index contributed by atoms with van der Waals surface area (Å²) in [5.41, 5.74) is 3.78. The lowest BCUT2D eigenvalue weighted by Gasteiger charge is -2.27. The van der Waals surface area contributed by atoms with Gasteiger partial charge in [-0.05, 0) is 55.4 Å². The zero-order valence-corrected chi connectivity index (χ0v) is 15.1. The van der Waals surface area contributed by atoms with Crippen LogP contribution in [0.1, 0.15) is 53.2 Å². The Balaban J connectivity index is 1.57. The Morgan fingerprint density at radius 2 is 1.73 bits per heavy atom. The second-order valence-corrected chi connectivity index (χ2v) is 7.31. The van der Waals surface area contributed by atoms with Crippen molar-refractivity contribution in [3.8, 4) is 0 Å². The summed E-state index contributed by atoms with van der Waals surface area (Å²) in [7, 11) is 1.77. The quantitative estimate of drug-likeness (QED) is 0.912. The lowest BCUT2D eigenvalue weighted by Crippen LogP contribution is -2.34. The third-order valence-corrected chi connectivity index (χ3v) is 5.44. The van der Waals surface area contributed by atoms with Crippen molar-refractivity contribution in [1.29, 1.82) is 0 Å². The molecule has 0 spiro atoms. The molecule has 0 saturated heterocycles. The van der Waals surface area contributed by atoms with E-state index in [2.05, 4.69) is 23.5 Å². The lowest BCUT2D eigenvalue weighted by molar-refractivity contribution is -0.119. The van der Waals surface area contributed by atoms with E-state index in [1.165, 1.54) is 11.1 Å². The molecule has 1 saturated carbocycles. The standard InChI is InChI=1S/C22H24N2O2/c1-24(22(26)16-13-14-16)20-12-5-4-10-18(20)21(25)23-19-11-6-8-15-7-2-3-9-17(15)19/h2-5,7,9-10,12,16,19H,6,8,11,13-14H2,1H3,(H,23,25)/t19-/m0/s1. The summed E-state index contributed by atoms with van der Waals surface area (Å²) in [5, 5.41) is 3.19. The largest absolute Gasteiger partial charge is 0.345 e. The van der Waals surface area contributed by atoms with E-state index in [-0.39, 0.29) is 23.8 Å². The van der Waals surface area contributed by atoms with Gasteiger partial charge >= 0.3 is 0 Å². The van der Waals surface area contributed by atoms with E-state index in [1.807, 2.05) is 24.3 Å². The molecule has 2 aromatic rings. The van der Waals surface area contributed by atoms with E-state index in [0.29, 0.717) is 11.3 Å². The third kappa shape index (κ3) is 3.24. The number of anilines is 1. The summed E-state index contributed by atoms with van der Waals surface area (Å²) in [6.45, 7) is 0. The summed E-state index contributed by atoms with van der Waals surface area (Å²) in [6.07, 6.45) is 5.00. The van der Waals surface area contributed by atoms with Crippen LogP contribution in [0.5, 0.6) is 0 Å². The first kappa shape index (κ1) is 16.8. The van der Waals surface area contributed by atoms with Gasteiger partial charge < -0.3 is 10.2 Å². The van der Waals surface area contributed by atoms with Gasteiger partial charge in [0.25, 0.3) is 5.91 Å². The number of carbonyl (C=O) groups excluding carboxylic acids is 2. The predicted molar refractivity (Wildman–Crippen MR) is 102 cm³/mol. The van der Waals surface area contributed by atoms with Gasteiger partial charge in [0.15, 0.2) is 0 Å². The summed E-state index contributed by atoms with van der Waals surface area (Å²) in [5.74, 6) is 0.118. The van der Waals surface area contributed by atoms with Crippen LogP contribution in [0.3, 0.4) is 0 Å². The molecule has 4 nitrogen and oxygen atoms in total. The Bertz CT molecular complexity index is 842. The zero-order valence-electron chi connectivity index (χ0n) is 15.1. The Morgan fingerprint density at radius 3 is 2.54 bits per heavy atom. The van der Waals surface area contributed by atoms with Gasteiger partial charge in [0.05, 0.1) is 17.3 Å². The molecule has 0 unspecified atom stereocenters. The molecule has 0 radical (unpaired) electrons. The highest BCUT2D eigenvalue weighted by Crippen LogP contribution is 2.34. The van der Waals surface area contributed by atoms with E-state index in [9.17, 15) is 9.59 Å². The zero-order chi connectivity index (χ0) is 18.1. The molecule has 2 aromatic carbocycles. The summed E-state index contributed by atoms with van der Waals surface area (Å²) in [4.78, 5) is 27.1. The highest BCUT2D eigenvalue weighted by molar-refractivity contribution is 6.05. The summed E-state index contributed by atoms with van der Waals surface area (Å²) < 4.78 is 0. The van der Waals surface area contributed by atoms with Crippen molar-refractivity contribution in [3.05, 3.63) is 65.2 Å². The smallest absolute Gasteiger partial charge is 0.253 e. The van der Waals surface area contributed by atoms with Crippen LogP contribution >= 0.6 is 0 Å². The number of hydrogen-bond acceptors (Lipinski definition) is 2. The molecule has 4 heteroatoms. The first-order valence-corrected chi connectivity index (χ1v) is 9.40. The fourth-order valence-electron chi connectivity index (χ4n) is 3.82. The van der Waals surface area contributed by atoms with E-state index >= 15 is 0 Å². The average Bonchev–Trinajstić information content (AvgIpc) is 3.52. The molecule has 1 N–H and O–H groups in total. The summed E-state index contributed by atoms with van der Waals surface area (Å²) in [6, 6.07) is 15.7. The number of nitrogens with one attached hydrogen (secondary N) is 1. The van der Waals surface area contributed by atoms with E-state index < -0.39 is 0 Å². The average molecular weight is 348 g/mol. The molecule has 26 heavy (non-hydrogen) atoms. The number of hydrogen-bond donors (Lipinski definition) is 1.